The number of carbonyl (C=O) groups is 1. The van der Waals surface area contributed by atoms with Gasteiger partial charge in [-0.3, -0.25) is 4.79 Å². The van der Waals surface area contributed by atoms with E-state index in [2.05, 4.69) is 27.2 Å². The molecule has 78 valence electrons. The Kier molecular flexibility index (Phi) is 5.29. The maximum atomic E-state index is 10.5. The summed E-state index contributed by atoms with van der Waals surface area (Å²) in [5.41, 5.74) is 1.96. The van der Waals surface area contributed by atoms with Crippen LogP contribution < -0.4 is 24.0 Å². The predicted molar refractivity (Wildman–Crippen MR) is 53.6 cm³/mol. The molecule has 0 unspecified atom stereocenters. The van der Waals surface area contributed by atoms with Crippen molar-refractivity contribution in [3.05, 3.63) is 35.4 Å². The van der Waals surface area contributed by atoms with Crippen molar-refractivity contribution in [3.63, 3.8) is 0 Å². The number of hydrogen-bond acceptors (Lipinski definition) is 1. The molecule has 0 spiro atoms. The van der Waals surface area contributed by atoms with Gasteiger partial charge in [0.1, 0.15) is 12.8 Å². The monoisotopic (exact) mass is 305 g/mol. The Morgan fingerprint density at radius 3 is 2.43 bits per heavy atom. The summed E-state index contributed by atoms with van der Waals surface area (Å²) < 4.78 is 0.877. The number of benzene rings is 1. The lowest BCUT2D eigenvalue weighted by molar-refractivity contribution is -0.884. The van der Waals surface area contributed by atoms with Crippen LogP contribution in [-0.2, 0) is 6.54 Å². The van der Waals surface area contributed by atoms with E-state index in [9.17, 15) is 4.79 Å². The molecule has 0 bridgehead atoms. The van der Waals surface area contributed by atoms with Gasteiger partial charge in [0.05, 0.1) is 21.1 Å². The highest BCUT2D eigenvalue weighted by atomic mass is 127. The van der Waals surface area contributed by atoms with Gasteiger partial charge in [-0.05, 0) is 6.07 Å². The average molecular weight is 305 g/mol. The number of carbonyl (C=O) groups excluding carboxylic acids is 1. The first-order chi connectivity index (χ1) is 6.01. The molecule has 0 fully saturated rings. The molecule has 0 amide bonds. The Bertz CT molecular complexity index is 304. The van der Waals surface area contributed by atoms with Crippen LogP contribution in [0, 0.1) is 0 Å². The van der Waals surface area contributed by atoms with Crippen molar-refractivity contribution in [2.24, 2.45) is 0 Å². The first-order valence-corrected chi connectivity index (χ1v) is 4.36. The fourth-order valence-corrected chi connectivity index (χ4v) is 1.31. The standard InChI is InChI=1S/C11H16NO.HI/c1-12(2,3)8-10-5-4-6-11(7-10)9-13;/h4-7,9H,8H2,1-3H3;1H/q+1;/p-1. The molecular formula is C11H16INO. The molecule has 0 aromatic heterocycles. The number of rotatable bonds is 3. The Morgan fingerprint density at radius 1 is 1.29 bits per heavy atom. The number of aldehydes is 1. The van der Waals surface area contributed by atoms with Crippen LogP contribution in [0.2, 0.25) is 0 Å². The van der Waals surface area contributed by atoms with Crippen LogP contribution in [0.15, 0.2) is 24.3 Å². The van der Waals surface area contributed by atoms with Crippen molar-refractivity contribution in [2.45, 2.75) is 6.54 Å². The Balaban J connectivity index is 0.00000169. The highest BCUT2D eigenvalue weighted by molar-refractivity contribution is 5.74. The number of halogens is 1. The van der Waals surface area contributed by atoms with Gasteiger partial charge in [0.25, 0.3) is 0 Å². The second kappa shape index (κ2) is 5.46. The zero-order chi connectivity index (χ0) is 9.90. The molecule has 0 saturated carbocycles. The largest absolute Gasteiger partial charge is 1.00 e. The number of nitrogens with zero attached hydrogens (tertiary/aromatic N) is 1. The van der Waals surface area contributed by atoms with Gasteiger partial charge in [-0.15, -0.1) is 0 Å². The van der Waals surface area contributed by atoms with Gasteiger partial charge in [0.15, 0.2) is 0 Å². The van der Waals surface area contributed by atoms with Crippen molar-refractivity contribution >= 4 is 6.29 Å². The first kappa shape index (κ1) is 13.6. The Hall–Kier alpha value is -0.420. The maximum Gasteiger partial charge on any atom is 0.150 e. The third-order valence-corrected chi connectivity index (χ3v) is 1.74. The minimum atomic E-state index is 0. The predicted octanol–water partition coefficient (Wildman–Crippen LogP) is -1.29. The molecule has 1 aromatic rings. The van der Waals surface area contributed by atoms with E-state index in [1.54, 1.807) is 0 Å². The molecule has 14 heavy (non-hydrogen) atoms. The molecule has 2 nitrogen and oxygen atoms in total. The van der Waals surface area contributed by atoms with Gasteiger partial charge in [0, 0.05) is 11.1 Å². The van der Waals surface area contributed by atoms with Crippen LogP contribution in [0.5, 0.6) is 0 Å². The lowest BCUT2D eigenvalue weighted by Crippen LogP contribution is -3.00. The van der Waals surface area contributed by atoms with Crippen LogP contribution in [0.3, 0.4) is 0 Å². The zero-order valence-corrected chi connectivity index (χ0v) is 11.0. The molecule has 1 aromatic carbocycles. The fraction of sp³-hybridized carbons (Fsp3) is 0.364. The lowest BCUT2D eigenvalue weighted by atomic mass is 10.1. The summed E-state index contributed by atoms with van der Waals surface area (Å²) in [6.45, 7) is 0.946. The van der Waals surface area contributed by atoms with Gasteiger partial charge in [0.2, 0.25) is 0 Å². The van der Waals surface area contributed by atoms with Crippen molar-refractivity contribution in [3.8, 4) is 0 Å². The molecule has 1 rings (SSSR count). The van der Waals surface area contributed by atoms with E-state index < -0.39 is 0 Å². The third-order valence-electron chi connectivity index (χ3n) is 1.74. The van der Waals surface area contributed by atoms with E-state index >= 15 is 0 Å². The summed E-state index contributed by atoms with van der Waals surface area (Å²) in [5, 5.41) is 0. The van der Waals surface area contributed by atoms with E-state index in [4.69, 9.17) is 0 Å². The number of hydrogen-bond donors (Lipinski definition) is 0. The minimum Gasteiger partial charge on any atom is -1.00 e. The Labute approximate surface area is 103 Å². The van der Waals surface area contributed by atoms with Gasteiger partial charge >= 0.3 is 0 Å². The molecule has 0 aliphatic carbocycles. The average Bonchev–Trinajstić information content (AvgIpc) is 2.01. The van der Waals surface area contributed by atoms with E-state index in [1.165, 1.54) is 5.56 Å². The molecule has 0 atom stereocenters. The molecule has 0 heterocycles. The summed E-state index contributed by atoms with van der Waals surface area (Å²) in [6.07, 6.45) is 0.888. The van der Waals surface area contributed by atoms with Gasteiger partial charge in [-0.2, -0.15) is 0 Å². The van der Waals surface area contributed by atoms with Gasteiger partial charge in [-0.1, -0.05) is 18.2 Å². The summed E-state index contributed by atoms with van der Waals surface area (Å²) >= 11 is 0. The molecule has 3 heteroatoms. The van der Waals surface area contributed by atoms with Crippen molar-refractivity contribution in [2.75, 3.05) is 21.1 Å². The van der Waals surface area contributed by atoms with E-state index in [-0.39, 0.29) is 24.0 Å². The Morgan fingerprint density at radius 2 is 1.93 bits per heavy atom. The summed E-state index contributed by atoms with van der Waals surface area (Å²) in [5.74, 6) is 0. The molecule has 0 N–H and O–H groups in total. The molecule has 0 saturated heterocycles. The molecule has 0 radical (unpaired) electrons. The number of quaternary nitrogens is 1. The van der Waals surface area contributed by atoms with Crippen LogP contribution >= 0.6 is 0 Å². The highest BCUT2D eigenvalue weighted by Gasteiger charge is 2.08. The van der Waals surface area contributed by atoms with Gasteiger partial charge in [-0.25, -0.2) is 0 Å². The minimum absolute atomic E-state index is 0. The highest BCUT2D eigenvalue weighted by Crippen LogP contribution is 2.08. The third kappa shape index (κ3) is 4.72. The SMILES string of the molecule is C[N+](C)(C)Cc1cccc(C=O)c1.[I-]. The first-order valence-electron chi connectivity index (χ1n) is 4.36. The fourth-order valence-electron chi connectivity index (χ4n) is 1.31. The van der Waals surface area contributed by atoms with Crippen molar-refractivity contribution in [1.29, 1.82) is 0 Å². The van der Waals surface area contributed by atoms with Crippen LogP contribution in [0.1, 0.15) is 15.9 Å². The topological polar surface area (TPSA) is 17.1 Å². The van der Waals surface area contributed by atoms with E-state index in [1.807, 2.05) is 18.2 Å². The van der Waals surface area contributed by atoms with Crippen LogP contribution in [0.25, 0.3) is 0 Å². The quantitative estimate of drug-likeness (QED) is 0.386. The van der Waals surface area contributed by atoms with Crippen molar-refractivity contribution < 1.29 is 33.3 Å². The molecule has 0 aliphatic heterocycles. The van der Waals surface area contributed by atoms with Crippen LogP contribution in [-0.4, -0.2) is 31.9 Å². The summed E-state index contributed by atoms with van der Waals surface area (Å²) in [7, 11) is 6.40. The maximum absolute atomic E-state index is 10.5. The smallest absolute Gasteiger partial charge is 0.150 e. The van der Waals surface area contributed by atoms with Crippen LogP contribution in [0.4, 0.5) is 0 Å². The van der Waals surface area contributed by atoms with Gasteiger partial charge < -0.3 is 28.5 Å². The lowest BCUT2D eigenvalue weighted by Gasteiger charge is -2.23. The molecular weight excluding hydrogens is 289 g/mol. The summed E-state index contributed by atoms with van der Waals surface area (Å²) in [4.78, 5) is 10.5. The van der Waals surface area contributed by atoms with E-state index in [0.717, 1.165) is 22.9 Å². The second-order valence-corrected chi connectivity index (χ2v) is 4.31. The zero-order valence-electron chi connectivity index (χ0n) is 8.83. The van der Waals surface area contributed by atoms with E-state index in [0.29, 0.717) is 0 Å². The second-order valence-electron chi connectivity index (χ2n) is 4.31. The molecule has 0 aliphatic rings. The normalized spacial score (nSPS) is 10.5. The summed E-state index contributed by atoms with van der Waals surface area (Å²) in [6, 6.07) is 7.74. The van der Waals surface area contributed by atoms with Crippen molar-refractivity contribution in [1.82, 2.24) is 0 Å².